The lowest BCUT2D eigenvalue weighted by Crippen LogP contribution is -2.53. The van der Waals surface area contributed by atoms with E-state index in [4.69, 9.17) is 5.73 Å². The van der Waals surface area contributed by atoms with Crippen LogP contribution in [-0.4, -0.2) is 29.8 Å². The minimum Gasteiger partial charge on any atom is -0.386 e. The molecule has 3 nitrogen and oxygen atoms in total. The zero-order valence-corrected chi connectivity index (χ0v) is 11.7. The van der Waals surface area contributed by atoms with Gasteiger partial charge >= 0.3 is 0 Å². The number of β-amino-alcohol motifs (C(OH)–C–C–N with tert-alkyl or cyclic N) is 1. The molecule has 1 saturated carbocycles. The molecular formula is C16H24N2O. The second-order valence-electron chi connectivity index (χ2n) is 6.23. The van der Waals surface area contributed by atoms with Gasteiger partial charge in [-0.25, -0.2) is 0 Å². The Morgan fingerprint density at radius 3 is 2.74 bits per heavy atom. The standard InChI is InChI=1S/C16H24N2O/c1-12-6-7-13-4-2-3-5-15(13)18(12)11-16(19,10-17)14-8-9-14/h2-5,12,14,19H,6-11,17H2,1H3. The maximum Gasteiger partial charge on any atom is 0.0971 e. The molecular weight excluding hydrogens is 236 g/mol. The first-order valence-electron chi connectivity index (χ1n) is 7.41. The molecule has 3 heteroatoms. The van der Waals surface area contributed by atoms with Crippen LogP contribution in [0.5, 0.6) is 0 Å². The van der Waals surface area contributed by atoms with Gasteiger partial charge < -0.3 is 15.7 Å². The molecule has 1 heterocycles. The van der Waals surface area contributed by atoms with Crippen LogP contribution in [0.25, 0.3) is 0 Å². The van der Waals surface area contributed by atoms with Gasteiger partial charge in [-0.05, 0) is 50.2 Å². The molecule has 2 atom stereocenters. The fraction of sp³-hybridized carbons (Fsp3) is 0.625. The van der Waals surface area contributed by atoms with Crippen LogP contribution in [0.1, 0.15) is 31.7 Å². The molecule has 2 aliphatic rings. The Labute approximate surface area is 115 Å². The molecule has 1 aromatic rings. The van der Waals surface area contributed by atoms with E-state index in [2.05, 4.69) is 36.1 Å². The Kier molecular flexibility index (Phi) is 3.27. The monoisotopic (exact) mass is 260 g/mol. The summed E-state index contributed by atoms with van der Waals surface area (Å²) in [5.41, 5.74) is 7.83. The van der Waals surface area contributed by atoms with E-state index in [1.165, 1.54) is 11.3 Å². The van der Waals surface area contributed by atoms with Gasteiger partial charge in [-0.2, -0.15) is 0 Å². The van der Waals surface area contributed by atoms with Crippen LogP contribution >= 0.6 is 0 Å². The van der Waals surface area contributed by atoms with Crippen LogP contribution in [0.2, 0.25) is 0 Å². The molecule has 3 rings (SSSR count). The van der Waals surface area contributed by atoms with E-state index in [9.17, 15) is 5.11 Å². The van der Waals surface area contributed by atoms with Crippen LogP contribution in [0, 0.1) is 5.92 Å². The van der Waals surface area contributed by atoms with Crippen molar-refractivity contribution >= 4 is 5.69 Å². The first kappa shape index (κ1) is 12.9. The number of benzene rings is 1. The highest BCUT2D eigenvalue weighted by Gasteiger charge is 2.44. The van der Waals surface area contributed by atoms with Gasteiger partial charge in [0, 0.05) is 24.8 Å². The number of aliphatic hydroxyl groups is 1. The molecule has 2 unspecified atom stereocenters. The Hall–Kier alpha value is -1.06. The van der Waals surface area contributed by atoms with E-state index in [-0.39, 0.29) is 0 Å². The summed E-state index contributed by atoms with van der Waals surface area (Å²) in [6.45, 7) is 3.29. The van der Waals surface area contributed by atoms with E-state index < -0.39 is 5.60 Å². The summed E-state index contributed by atoms with van der Waals surface area (Å²) in [5.74, 6) is 0.402. The van der Waals surface area contributed by atoms with Crippen LogP contribution in [0.4, 0.5) is 5.69 Å². The first-order valence-corrected chi connectivity index (χ1v) is 7.41. The highest BCUT2D eigenvalue weighted by molar-refractivity contribution is 5.56. The van der Waals surface area contributed by atoms with Gasteiger partial charge in [-0.15, -0.1) is 0 Å². The number of nitrogens with two attached hydrogens (primary N) is 1. The number of para-hydroxylation sites is 1. The van der Waals surface area contributed by atoms with Crippen LogP contribution in [0.3, 0.4) is 0 Å². The molecule has 1 aliphatic carbocycles. The van der Waals surface area contributed by atoms with Crippen molar-refractivity contribution in [2.75, 3.05) is 18.0 Å². The fourth-order valence-corrected chi connectivity index (χ4v) is 3.28. The quantitative estimate of drug-likeness (QED) is 0.869. The van der Waals surface area contributed by atoms with Crippen molar-refractivity contribution in [1.82, 2.24) is 0 Å². The third-order valence-electron chi connectivity index (χ3n) is 4.80. The first-order chi connectivity index (χ1) is 9.14. The SMILES string of the molecule is CC1CCc2ccccc2N1CC(O)(CN)C1CC1. The summed E-state index contributed by atoms with van der Waals surface area (Å²) in [6, 6.07) is 9.04. The average molecular weight is 260 g/mol. The zero-order valence-electron chi connectivity index (χ0n) is 11.7. The Bertz CT molecular complexity index is 458. The number of aryl methyl sites for hydroxylation is 1. The third-order valence-corrected chi connectivity index (χ3v) is 4.80. The van der Waals surface area contributed by atoms with Crippen molar-refractivity contribution in [3.8, 4) is 0 Å². The highest BCUT2D eigenvalue weighted by Crippen LogP contribution is 2.41. The zero-order chi connectivity index (χ0) is 13.5. The molecule has 0 amide bonds. The minimum absolute atomic E-state index is 0.364. The largest absolute Gasteiger partial charge is 0.386 e. The van der Waals surface area contributed by atoms with E-state index in [1.54, 1.807) is 0 Å². The van der Waals surface area contributed by atoms with Crippen molar-refractivity contribution in [3.63, 3.8) is 0 Å². The lowest BCUT2D eigenvalue weighted by Gasteiger charge is -2.42. The predicted molar refractivity (Wildman–Crippen MR) is 78.3 cm³/mol. The highest BCUT2D eigenvalue weighted by atomic mass is 16.3. The summed E-state index contributed by atoms with van der Waals surface area (Å²) in [7, 11) is 0. The molecule has 104 valence electrons. The van der Waals surface area contributed by atoms with E-state index in [0.717, 1.165) is 25.7 Å². The number of nitrogens with zero attached hydrogens (tertiary/aromatic N) is 1. The van der Waals surface area contributed by atoms with Crippen LogP contribution in [-0.2, 0) is 6.42 Å². The van der Waals surface area contributed by atoms with E-state index in [0.29, 0.717) is 25.0 Å². The molecule has 0 bridgehead atoms. The molecule has 0 aromatic heterocycles. The normalized spacial score (nSPS) is 25.8. The topological polar surface area (TPSA) is 49.5 Å². The van der Waals surface area contributed by atoms with Gasteiger partial charge in [-0.1, -0.05) is 18.2 Å². The van der Waals surface area contributed by atoms with Crippen molar-refractivity contribution in [1.29, 1.82) is 0 Å². The summed E-state index contributed by atoms with van der Waals surface area (Å²) >= 11 is 0. The van der Waals surface area contributed by atoms with Gasteiger partial charge in [0.2, 0.25) is 0 Å². The van der Waals surface area contributed by atoms with Crippen LogP contribution < -0.4 is 10.6 Å². The van der Waals surface area contributed by atoms with Crippen molar-refractivity contribution < 1.29 is 5.11 Å². The maximum absolute atomic E-state index is 10.8. The van der Waals surface area contributed by atoms with Gasteiger partial charge in [0.05, 0.1) is 5.60 Å². The van der Waals surface area contributed by atoms with Gasteiger partial charge in [0.25, 0.3) is 0 Å². The lowest BCUT2D eigenvalue weighted by molar-refractivity contribution is 0.0314. The lowest BCUT2D eigenvalue weighted by atomic mass is 9.91. The van der Waals surface area contributed by atoms with E-state index in [1.807, 2.05) is 0 Å². The maximum atomic E-state index is 10.8. The number of fused-ring (bicyclic) bond motifs is 1. The van der Waals surface area contributed by atoms with Crippen molar-refractivity contribution in [3.05, 3.63) is 29.8 Å². The Morgan fingerprint density at radius 1 is 1.32 bits per heavy atom. The smallest absolute Gasteiger partial charge is 0.0971 e. The summed E-state index contributed by atoms with van der Waals surface area (Å²) in [5, 5.41) is 10.8. The summed E-state index contributed by atoms with van der Waals surface area (Å²) in [6.07, 6.45) is 4.54. The van der Waals surface area contributed by atoms with Gasteiger partial charge in [0.1, 0.15) is 0 Å². The third kappa shape index (κ3) is 2.37. The summed E-state index contributed by atoms with van der Waals surface area (Å²) in [4.78, 5) is 2.37. The molecule has 1 aliphatic heterocycles. The van der Waals surface area contributed by atoms with Crippen molar-refractivity contribution in [2.45, 2.75) is 44.2 Å². The molecule has 0 radical (unpaired) electrons. The molecule has 3 N–H and O–H groups in total. The molecule has 1 aromatic carbocycles. The van der Waals surface area contributed by atoms with Crippen molar-refractivity contribution in [2.24, 2.45) is 11.7 Å². The summed E-state index contributed by atoms with van der Waals surface area (Å²) < 4.78 is 0. The number of hydrogen-bond acceptors (Lipinski definition) is 3. The van der Waals surface area contributed by atoms with Gasteiger partial charge in [0.15, 0.2) is 0 Å². The number of anilines is 1. The molecule has 19 heavy (non-hydrogen) atoms. The van der Waals surface area contributed by atoms with Crippen LogP contribution in [0.15, 0.2) is 24.3 Å². The number of hydrogen-bond donors (Lipinski definition) is 2. The van der Waals surface area contributed by atoms with E-state index >= 15 is 0 Å². The molecule has 0 saturated heterocycles. The fourth-order valence-electron chi connectivity index (χ4n) is 3.28. The second-order valence-corrected chi connectivity index (χ2v) is 6.23. The second kappa shape index (κ2) is 4.80. The number of rotatable bonds is 4. The molecule has 0 spiro atoms. The molecule has 1 fully saturated rings. The minimum atomic E-state index is -0.710. The van der Waals surface area contributed by atoms with Gasteiger partial charge in [-0.3, -0.25) is 0 Å². The Morgan fingerprint density at radius 2 is 2.05 bits per heavy atom. The predicted octanol–water partition coefficient (Wildman–Crippen LogP) is 1.93. The average Bonchev–Trinajstić information content (AvgIpc) is 3.27. The Balaban J connectivity index is 1.87.